The third-order valence-electron chi connectivity index (χ3n) is 4.34. The van der Waals surface area contributed by atoms with Crippen LogP contribution in [0.3, 0.4) is 0 Å². The number of halogens is 3. The van der Waals surface area contributed by atoms with Crippen LogP contribution < -0.4 is 5.32 Å². The van der Waals surface area contributed by atoms with Crippen molar-refractivity contribution in [2.75, 3.05) is 5.32 Å². The number of nitrogens with one attached hydrogen (secondary N) is 1. The highest BCUT2D eigenvalue weighted by molar-refractivity contribution is 6.42. The topological polar surface area (TPSA) is 55.1 Å². The van der Waals surface area contributed by atoms with E-state index in [-0.39, 0.29) is 5.91 Å². The van der Waals surface area contributed by atoms with E-state index in [1.807, 2.05) is 25.1 Å². The highest BCUT2D eigenvalue weighted by atomic mass is 35.5. The predicted octanol–water partition coefficient (Wildman–Crippen LogP) is 7.02. The number of anilines is 1. The van der Waals surface area contributed by atoms with E-state index in [2.05, 4.69) is 10.3 Å². The molecule has 0 saturated carbocycles. The van der Waals surface area contributed by atoms with Crippen molar-refractivity contribution in [2.24, 2.45) is 0 Å². The number of hydrogen-bond donors (Lipinski definition) is 1. The Morgan fingerprint density at radius 1 is 1.00 bits per heavy atom. The van der Waals surface area contributed by atoms with Crippen LogP contribution in [-0.2, 0) is 0 Å². The number of carbonyl (C=O) groups is 1. The Labute approximate surface area is 176 Å². The fourth-order valence-electron chi connectivity index (χ4n) is 2.85. The SMILES string of the molecule is Cc1c(NC(=O)c2ccc(Cl)c(Cl)c2)cccc1-c1nc2cc(Cl)ccc2o1. The van der Waals surface area contributed by atoms with Gasteiger partial charge in [0, 0.05) is 21.8 Å². The Bertz CT molecular complexity index is 1220. The van der Waals surface area contributed by atoms with Gasteiger partial charge in [-0.05, 0) is 61.0 Å². The molecule has 7 heteroatoms. The van der Waals surface area contributed by atoms with E-state index in [9.17, 15) is 4.79 Å². The summed E-state index contributed by atoms with van der Waals surface area (Å²) in [4.78, 5) is 17.1. The van der Waals surface area contributed by atoms with Crippen LogP contribution >= 0.6 is 34.8 Å². The van der Waals surface area contributed by atoms with E-state index in [0.717, 1.165) is 11.1 Å². The smallest absolute Gasteiger partial charge is 0.255 e. The van der Waals surface area contributed by atoms with Gasteiger partial charge in [0.05, 0.1) is 10.0 Å². The number of benzene rings is 3. The van der Waals surface area contributed by atoms with Crippen LogP contribution in [0.2, 0.25) is 15.1 Å². The minimum Gasteiger partial charge on any atom is -0.436 e. The maximum atomic E-state index is 12.6. The zero-order valence-corrected chi connectivity index (χ0v) is 16.9. The summed E-state index contributed by atoms with van der Waals surface area (Å²) in [7, 11) is 0. The molecule has 0 aliphatic carbocycles. The van der Waals surface area contributed by atoms with Gasteiger partial charge in [0.15, 0.2) is 5.58 Å². The van der Waals surface area contributed by atoms with E-state index in [4.69, 9.17) is 39.2 Å². The zero-order valence-electron chi connectivity index (χ0n) is 14.6. The van der Waals surface area contributed by atoms with Crippen LogP contribution in [0.1, 0.15) is 15.9 Å². The second kappa shape index (κ2) is 7.47. The third kappa shape index (κ3) is 3.59. The molecular weight excluding hydrogens is 419 g/mol. The highest BCUT2D eigenvalue weighted by Crippen LogP contribution is 2.32. The van der Waals surface area contributed by atoms with Gasteiger partial charge in [-0.2, -0.15) is 0 Å². The normalized spacial score (nSPS) is 11.0. The Morgan fingerprint density at radius 2 is 1.82 bits per heavy atom. The lowest BCUT2D eigenvalue weighted by atomic mass is 10.1. The minimum atomic E-state index is -0.289. The molecule has 0 bridgehead atoms. The summed E-state index contributed by atoms with van der Waals surface area (Å²) >= 11 is 17.9. The Kier molecular flexibility index (Phi) is 5.02. The van der Waals surface area contributed by atoms with Crippen molar-refractivity contribution >= 4 is 57.5 Å². The van der Waals surface area contributed by atoms with Gasteiger partial charge < -0.3 is 9.73 Å². The van der Waals surface area contributed by atoms with Gasteiger partial charge in [-0.3, -0.25) is 4.79 Å². The molecule has 3 aromatic carbocycles. The molecule has 0 saturated heterocycles. The largest absolute Gasteiger partial charge is 0.436 e. The van der Waals surface area contributed by atoms with Crippen LogP contribution in [0.5, 0.6) is 0 Å². The summed E-state index contributed by atoms with van der Waals surface area (Å²) in [6.07, 6.45) is 0. The number of hydrogen-bond acceptors (Lipinski definition) is 3. The first-order chi connectivity index (χ1) is 13.4. The maximum absolute atomic E-state index is 12.6. The summed E-state index contributed by atoms with van der Waals surface area (Å²) in [6.45, 7) is 1.89. The van der Waals surface area contributed by atoms with Crippen LogP contribution in [0.4, 0.5) is 5.69 Å². The first-order valence-corrected chi connectivity index (χ1v) is 9.48. The number of oxazole rings is 1. The molecule has 0 radical (unpaired) electrons. The molecule has 4 aromatic rings. The Morgan fingerprint density at radius 3 is 2.61 bits per heavy atom. The standard InChI is InChI=1S/C21H13Cl3N2O2/c1-11-14(21-26-18-10-13(22)6-8-19(18)28-21)3-2-4-17(11)25-20(27)12-5-7-15(23)16(24)9-12/h2-10H,1H3,(H,25,27). The molecule has 0 unspecified atom stereocenters. The van der Waals surface area contributed by atoms with Gasteiger partial charge in [-0.1, -0.05) is 40.9 Å². The monoisotopic (exact) mass is 430 g/mol. The Hall–Kier alpha value is -2.53. The number of amides is 1. The summed E-state index contributed by atoms with van der Waals surface area (Å²) in [5.74, 6) is 0.170. The van der Waals surface area contributed by atoms with Crippen molar-refractivity contribution in [3.8, 4) is 11.5 Å². The highest BCUT2D eigenvalue weighted by Gasteiger charge is 2.15. The summed E-state index contributed by atoms with van der Waals surface area (Å²) in [6, 6.07) is 15.5. The van der Waals surface area contributed by atoms with Gasteiger partial charge in [0.2, 0.25) is 5.89 Å². The van der Waals surface area contributed by atoms with Gasteiger partial charge in [0.25, 0.3) is 5.91 Å². The van der Waals surface area contributed by atoms with Crippen LogP contribution in [0, 0.1) is 6.92 Å². The average molecular weight is 432 g/mol. The second-order valence-corrected chi connectivity index (χ2v) is 7.44. The number of rotatable bonds is 3. The lowest BCUT2D eigenvalue weighted by Gasteiger charge is -2.11. The summed E-state index contributed by atoms with van der Waals surface area (Å²) in [5.41, 5.74) is 3.98. The fourth-order valence-corrected chi connectivity index (χ4v) is 3.31. The van der Waals surface area contributed by atoms with Crippen LogP contribution in [0.25, 0.3) is 22.6 Å². The van der Waals surface area contributed by atoms with Crippen molar-refractivity contribution < 1.29 is 9.21 Å². The van der Waals surface area contributed by atoms with E-state index in [1.54, 1.807) is 30.3 Å². The fraction of sp³-hybridized carbons (Fsp3) is 0.0476. The first kappa shape index (κ1) is 18.8. The van der Waals surface area contributed by atoms with Gasteiger partial charge in [0.1, 0.15) is 5.52 Å². The van der Waals surface area contributed by atoms with E-state index < -0.39 is 0 Å². The number of fused-ring (bicyclic) bond motifs is 1. The van der Waals surface area contributed by atoms with Crippen molar-refractivity contribution in [3.63, 3.8) is 0 Å². The summed E-state index contributed by atoms with van der Waals surface area (Å²) < 4.78 is 5.85. The second-order valence-electron chi connectivity index (χ2n) is 6.19. The van der Waals surface area contributed by atoms with Crippen LogP contribution in [-0.4, -0.2) is 10.9 Å². The third-order valence-corrected chi connectivity index (χ3v) is 5.32. The first-order valence-electron chi connectivity index (χ1n) is 8.35. The molecule has 28 heavy (non-hydrogen) atoms. The molecule has 1 heterocycles. The zero-order chi connectivity index (χ0) is 19.8. The van der Waals surface area contributed by atoms with Gasteiger partial charge >= 0.3 is 0 Å². The summed E-state index contributed by atoms with van der Waals surface area (Å²) in [5, 5.41) is 4.20. The maximum Gasteiger partial charge on any atom is 0.255 e. The molecule has 4 nitrogen and oxygen atoms in total. The molecular formula is C21H13Cl3N2O2. The van der Waals surface area contributed by atoms with Gasteiger partial charge in [-0.15, -0.1) is 0 Å². The number of nitrogens with zero attached hydrogens (tertiary/aromatic N) is 1. The molecule has 140 valence electrons. The van der Waals surface area contributed by atoms with Crippen molar-refractivity contribution in [2.45, 2.75) is 6.92 Å². The van der Waals surface area contributed by atoms with Crippen molar-refractivity contribution in [3.05, 3.63) is 80.8 Å². The molecule has 4 rings (SSSR count). The predicted molar refractivity (Wildman–Crippen MR) is 114 cm³/mol. The van der Waals surface area contributed by atoms with E-state index in [1.165, 1.54) is 6.07 Å². The van der Waals surface area contributed by atoms with E-state index in [0.29, 0.717) is 43.3 Å². The minimum absolute atomic E-state index is 0.289. The quantitative estimate of drug-likeness (QED) is 0.379. The van der Waals surface area contributed by atoms with Crippen molar-refractivity contribution in [1.82, 2.24) is 4.98 Å². The average Bonchev–Trinajstić information content (AvgIpc) is 3.08. The van der Waals surface area contributed by atoms with Crippen molar-refractivity contribution in [1.29, 1.82) is 0 Å². The molecule has 0 atom stereocenters. The van der Waals surface area contributed by atoms with Crippen LogP contribution in [0.15, 0.2) is 59.0 Å². The number of aromatic nitrogens is 1. The number of carbonyl (C=O) groups excluding carboxylic acids is 1. The molecule has 0 aliphatic heterocycles. The molecule has 1 aromatic heterocycles. The Balaban J connectivity index is 1.67. The molecule has 1 amide bonds. The lowest BCUT2D eigenvalue weighted by Crippen LogP contribution is -2.13. The van der Waals surface area contributed by atoms with E-state index >= 15 is 0 Å². The molecule has 0 spiro atoms. The lowest BCUT2D eigenvalue weighted by molar-refractivity contribution is 0.102. The molecule has 0 fully saturated rings. The van der Waals surface area contributed by atoms with Gasteiger partial charge in [-0.25, -0.2) is 4.98 Å². The molecule has 0 aliphatic rings. The molecule has 1 N–H and O–H groups in total.